The molecule has 7 heteroatoms. The first kappa shape index (κ1) is 23.9. The molecule has 3 aromatic carbocycles. The highest BCUT2D eigenvalue weighted by molar-refractivity contribution is 5.80. The minimum atomic E-state index is -4.36. The van der Waals surface area contributed by atoms with Crippen molar-refractivity contribution in [1.82, 2.24) is 0 Å². The Morgan fingerprint density at radius 3 is 2.21 bits per heavy atom. The van der Waals surface area contributed by atoms with Gasteiger partial charge in [0.15, 0.2) is 11.5 Å². The van der Waals surface area contributed by atoms with E-state index in [2.05, 4.69) is 0 Å². The van der Waals surface area contributed by atoms with Gasteiger partial charge < -0.3 is 14.6 Å². The van der Waals surface area contributed by atoms with Gasteiger partial charge in [0.25, 0.3) is 0 Å². The fraction of sp³-hybridized carbons (Fsp3) is 0.192. The maximum atomic E-state index is 12.6. The van der Waals surface area contributed by atoms with Gasteiger partial charge in [0, 0.05) is 0 Å². The number of rotatable bonds is 8. The summed E-state index contributed by atoms with van der Waals surface area (Å²) < 4.78 is 49.6. The molecule has 0 aliphatic rings. The minimum Gasteiger partial charge on any atom is -0.486 e. The molecule has 0 fully saturated rings. The van der Waals surface area contributed by atoms with Gasteiger partial charge in [-0.3, -0.25) is 4.79 Å². The molecule has 0 saturated heterocycles. The van der Waals surface area contributed by atoms with Gasteiger partial charge in [-0.25, -0.2) is 0 Å². The van der Waals surface area contributed by atoms with E-state index in [1.54, 1.807) is 74.5 Å². The Hall–Kier alpha value is -3.74. The second-order valence-corrected chi connectivity index (χ2v) is 7.84. The Labute approximate surface area is 189 Å². The van der Waals surface area contributed by atoms with Crippen LogP contribution < -0.4 is 9.47 Å². The third-order valence-electron chi connectivity index (χ3n) is 5.05. The van der Waals surface area contributed by atoms with Crippen LogP contribution in [0.3, 0.4) is 0 Å². The molecule has 33 heavy (non-hydrogen) atoms. The van der Waals surface area contributed by atoms with Crippen LogP contribution in [0.15, 0.2) is 78.9 Å². The lowest BCUT2D eigenvalue weighted by Crippen LogP contribution is -2.28. The number of alkyl halides is 3. The highest BCUT2D eigenvalue weighted by atomic mass is 19.4. The fourth-order valence-electron chi connectivity index (χ4n) is 2.96. The molecule has 0 spiro atoms. The van der Waals surface area contributed by atoms with Crippen LogP contribution in [0.25, 0.3) is 6.08 Å². The second-order valence-electron chi connectivity index (χ2n) is 7.84. The molecule has 1 N–H and O–H groups in total. The Bertz CT molecular complexity index is 1130. The van der Waals surface area contributed by atoms with Crippen molar-refractivity contribution in [1.29, 1.82) is 0 Å². The lowest BCUT2D eigenvalue weighted by molar-refractivity contribution is -0.142. The molecule has 172 valence electrons. The van der Waals surface area contributed by atoms with E-state index >= 15 is 0 Å². The number of carboxylic acid groups (broad SMARTS) is 1. The first-order chi connectivity index (χ1) is 15.6. The molecular weight excluding hydrogens is 433 g/mol. The molecule has 0 unspecified atom stereocenters. The summed E-state index contributed by atoms with van der Waals surface area (Å²) in [7, 11) is 0. The van der Waals surface area contributed by atoms with Crippen molar-refractivity contribution in [3.63, 3.8) is 0 Å². The summed E-state index contributed by atoms with van der Waals surface area (Å²) in [6.45, 7) is 3.41. The van der Waals surface area contributed by atoms with E-state index in [-0.39, 0.29) is 6.61 Å². The number of ether oxygens (including phenoxy) is 2. The van der Waals surface area contributed by atoms with Gasteiger partial charge >= 0.3 is 12.1 Å². The number of para-hydroxylation sites is 2. The molecule has 3 rings (SSSR count). The summed E-state index contributed by atoms with van der Waals surface area (Å²) in [5, 5.41) is 9.45. The molecule has 0 bridgehead atoms. The third kappa shape index (κ3) is 6.16. The van der Waals surface area contributed by atoms with Crippen LogP contribution in [0.5, 0.6) is 17.2 Å². The summed E-state index contributed by atoms with van der Waals surface area (Å²) in [6.07, 6.45) is -1.01. The smallest absolute Gasteiger partial charge is 0.416 e. The summed E-state index contributed by atoms with van der Waals surface area (Å²) in [6, 6.07) is 18.7. The average molecular weight is 456 g/mol. The summed E-state index contributed by atoms with van der Waals surface area (Å²) in [5.74, 6) is 0.449. The zero-order chi connectivity index (χ0) is 24.1. The van der Waals surface area contributed by atoms with Gasteiger partial charge in [-0.1, -0.05) is 42.5 Å². The molecule has 0 aliphatic heterocycles. The normalized spacial score (nSPS) is 12.0. The van der Waals surface area contributed by atoms with Gasteiger partial charge in [-0.05, 0) is 67.4 Å². The lowest BCUT2D eigenvalue weighted by atomic mass is 9.85. The van der Waals surface area contributed by atoms with E-state index in [0.717, 1.165) is 12.1 Å². The van der Waals surface area contributed by atoms with E-state index < -0.39 is 23.1 Å². The summed E-state index contributed by atoms with van der Waals surface area (Å²) >= 11 is 0. The molecule has 0 saturated carbocycles. The largest absolute Gasteiger partial charge is 0.486 e. The number of halogens is 3. The van der Waals surface area contributed by atoms with Crippen molar-refractivity contribution in [2.45, 2.75) is 25.4 Å². The Kier molecular flexibility index (Phi) is 7.11. The first-order valence-electron chi connectivity index (χ1n) is 10.1. The summed E-state index contributed by atoms with van der Waals surface area (Å²) in [5.41, 5.74) is -0.546. The quantitative estimate of drug-likeness (QED) is 0.398. The molecule has 3 aromatic rings. The lowest BCUT2D eigenvalue weighted by Gasteiger charge is -2.20. The van der Waals surface area contributed by atoms with Crippen molar-refractivity contribution < 1.29 is 32.5 Å². The predicted molar refractivity (Wildman–Crippen MR) is 120 cm³/mol. The van der Waals surface area contributed by atoms with Gasteiger partial charge in [0.1, 0.15) is 12.4 Å². The van der Waals surface area contributed by atoms with Crippen LogP contribution in [-0.2, 0) is 16.4 Å². The Morgan fingerprint density at radius 1 is 0.909 bits per heavy atom. The van der Waals surface area contributed by atoms with Crippen LogP contribution in [-0.4, -0.2) is 17.7 Å². The van der Waals surface area contributed by atoms with Gasteiger partial charge in [0.2, 0.25) is 0 Å². The zero-order valence-corrected chi connectivity index (χ0v) is 18.1. The van der Waals surface area contributed by atoms with Crippen molar-refractivity contribution in [2.75, 3.05) is 6.61 Å². The maximum absolute atomic E-state index is 12.6. The molecule has 0 amide bonds. The monoisotopic (exact) mass is 456 g/mol. The van der Waals surface area contributed by atoms with Crippen LogP contribution in [0, 0.1) is 0 Å². The van der Waals surface area contributed by atoms with Crippen molar-refractivity contribution >= 4 is 12.0 Å². The highest BCUT2D eigenvalue weighted by Crippen LogP contribution is 2.34. The maximum Gasteiger partial charge on any atom is 0.416 e. The molecular formula is C26H23F3O4. The van der Waals surface area contributed by atoms with Crippen LogP contribution in [0.1, 0.15) is 30.5 Å². The third-order valence-corrected chi connectivity index (χ3v) is 5.05. The minimum absolute atomic E-state index is 0.174. The zero-order valence-electron chi connectivity index (χ0n) is 18.1. The van der Waals surface area contributed by atoms with Crippen LogP contribution in [0.2, 0.25) is 0 Å². The molecule has 0 aliphatic carbocycles. The van der Waals surface area contributed by atoms with E-state index in [1.807, 2.05) is 0 Å². The van der Waals surface area contributed by atoms with Crippen LogP contribution >= 0.6 is 0 Å². The van der Waals surface area contributed by atoms with Crippen molar-refractivity contribution in [3.05, 3.63) is 95.6 Å². The Balaban J connectivity index is 1.67. The summed E-state index contributed by atoms with van der Waals surface area (Å²) in [4.78, 5) is 11.5. The van der Waals surface area contributed by atoms with Crippen LogP contribution in [0.4, 0.5) is 13.2 Å². The predicted octanol–water partition coefficient (Wildman–Crippen LogP) is 6.95. The fourth-order valence-corrected chi connectivity index (χ4v) is 2.96. The highest BCUT2D eigenvalue weighted by Gasteiger charge is 2.30. The number of hydrogen-bond acceptors (Lipinski definition) is 3. The number of carboxylic acids is 1. The number of aliphatic carboxylic acids is 1. The van der Waals surface area contributed by atoms with Crippen molar-refractivity contribution in [2.24, 2.45) is 0 Å². The first-order valence-corrected chi connectivity index (χ1v) is 10.1. The second kappa shape index (κ2) is 9.81. The number of benzene rings is 3. The molecule has 0 aromatic heterocycles. The topological polar surface area (TPSA) is 55.8 Å². The van der Waals surface area contributed by atoms with Gasteiger partial charge in [-0.15, -0.1) is 0 Å². The Morgan fingerprint density at radius 2 is 1.58 bits per heavy atom. The van der Waals surface area contributed by atoms with E-state index in [9.17, 15) is 23.1 Å². The molecule has 0 heterocycles. The number of carbonyl (C=O) groups is 1. The van der Waals surface area contributed by atoms with Gasteiger partial charge in [-0.2, -0.15) is 13.2 Å². The standard InChI is InChI=1S/C26H23F3O4/c1-25(2,24(30)31)20-8-5-9-21(17-20)33-23-11-4-3-10-22(23)32-16-6-7-18-12-14-19(15-13-18)26(27,28)29/h3-15,17H,16H2,1-2H3,(H,30,31). The number of hydrogen-bond donors (Lipinski definition) is 1. The van der Waals surface area contributed by atoms with E-state index in [0.29, 0.717) is 28.4 Å². The van der Waals surface area contributed by atoms with E-state index in [1.165, 1.54) is 12.1 Å². The molecule has 0 radical (unpaired) electrons. The van der Waals surface area contributed by atoms with Crippen molar-refractivity contribution in [3.8, 4) is 17.2 Å². The van der Waals surface area contributed by atoms with Gasteiger partial charge in [0.05, 0.1) is 11.0 Å². The molecule has 4 nitrogen and oxygen atoms in total. The molecule has 0 atom stereocenters. The van der Waals surface area contributed by atoms with E-state index in [4.69, 9.17) is 9.47 Å². The SMILES string of the molecule is CC(C)(C(=O)O)c1cccc(Oc2ccccc2OCC=Cc2ccc(C(F)(F)F)cc2)c1. The average Bonchev–Trinajstić information content (AvgIpc) is 2.77.